The van der Waals surface area contributed by atoms with Gasteiger partial charge in [-0.05, 0) is 10.4 Å². The van der Waals surface area contributed by atoms with E-state index < -0.39 is 12.0 Å². The van der Waals surface area contributed by atoms with Crippen molar-refractivity contribution >= 4 is 0 Å². The van der Waals surface area contributed by atoms with Crippen LogP contribution in [0.1, 0.15) is 11.4 Å². The largest absolute Gasteiger partial charge is 0.451 e. The fourth-order valence-electron chi connectivity index (χ4n) is 1.73. The number of benzene rings is 1. The molecule has 0 unspecified atom stereocenters. The highest BCUT2D eigenvalue weighted by atomic mass is 19.4. The van der Waals surface area contributed by atoms with Crippen molar-refractivity contribution in [1.29, 1.82) is 0 Å². The molecule has 7 nitrogen and oxygen atoms in total. The summed E-state index contributed by atoms with van der Waals surface area (Å²) >= 11 is 0. The molecule has 0 aliphatic carbocycles. The van der Waals surface area contributed by atoms with Crippen LogP contribution < -0.4 is 4.84 Å². The summed E-state index contributed by atoms with van der Waals surface area (Å²) < 4.78 is 37.1. The molecule has 2 heterocycles. The molecule has 0 saturated heterocycles. The lowest BCUT2D eigenvalue weighted by atomic mass is 10.2. The van der Waals surface area contributed by atoms with Crippen LogP contribution in [-0.4, -0.2) is 30.3 Å². The van der Waals surface area contributed by atoms with Crippen molar-refractivity contribution in [2.75, 3.05) is 0 Å². The predicted octanol–water partition coefficient (Wildman–Crippen LogP) is 1.78. The maximum atomic E-state index is 12.4. The van der Waals surface area contributed by atoms with Gasteiger partial charge in [0.25, 0.3) is 0 Å². The van der Waals surface area contributed by atoms with E-state index in [1.807, 2.05) is 18.2 Å². The van der Waals surface area contributed by atoms with Crippen LogP contribution in [0.4, 0.5) is 13.2 Å². The molecule has 0 N–H and O–H groups in total. The highest BCUT2D eigenvalue weighted by molar-refractivity contribution is 5.53. The number of hydrogen-bond donors (Lipinski definition) is 0. The van der Waals surface area contributed by atoms with Gasteiger partial charge in [0.1, 0.15) is 6.61 Å². The summed E-state index contributed by atoms with van der Waals surface area (Å²) in [6, 6.07) is 9.08. The van der Waals surface area contributed by atoms with Gasteiger partial charge in [-0.1, -0.05) is 35.2 Å². The van der Waals surface area contributed by atoms with Gasteiger partial charge in [0.15, 0.2) is 0 Å². The van der Waals surface area contributed by atoms with Crippen LogP contribution in [0.25, 0.3) is 11.4 Å². The molecule has 0 aliphatic rings. The van der Waals surface area contributed by atoms with E-state index in [1.165, 1.54) is 0 Å². The molecule has 3 rings (SSSR count). The Morgan fingerprint density at radius 3 is 2.39 bits per heavy atom. The molecule has 0 aliphatic heterocycles. The first-order valence-corrected chi connectivity index (χ1v) is 6.39. The SMILES string of the molecule is FC(F)(F)c1ncc(COn2nnnc2-c2ccccc2)cn1. The van der Waals surface area contributed by atoms with Gasteiger partial charge in [-0.3, -0.25) is 0 Å². The Balaban J connectivity index is 1.71. The maximum Gasteiger partial charge on any atom is 0.451 e. The second-order valence-corrected chi connectivity index (χ2v) is 4.43. The summed E-state index contributed by atoms with van der Waals surface area (Å²) in [5, 5.41) is 11.0. The summed E-state index contributed by atoms with van der Waals surface area (Å²) in [4.78, 5) is 13.0. The van der Waals surface area contributed by atoms with Gasteiger partial charge in [0.05, 0.1) is 0 Å². The van der Waals surface area contributed by atoms with Crippen molar-refractivity contribution in [1.82, 2.24) is 30.3 Å². The third kappa shape index (κ3) is 3.42. The lowest BCUT2D eigenvalue weighted by molar-refractivity contribution is -0.145. The molecule has 0 bridgehead atoms. The Bertz CT molecular complexity index is 772. The molecule has 118 valence electrons. The van der Waals surface area contributed by atoms with E-state index in [4.69, 9.17) is 4.84 Å². The van der Waals surface area contributed by atoms with Crippen molar-refractivity contribution < 1.29 is 18.0 Å². The van der Waals surface area contributed by atoms with Crippen LogP contribution in [0.3, 0.4) is 0 Å². The van der Waals surface area contributed by atoms with Gasteiger partial charge in [0.2, 0.25) is 11.6 Å². The second kappa shape index (κ2) is 5.99. The van der Waals surface area contributed by atoms with Gasteiger partial charge in [0, 0.05) is 23.5 Å². The summed E-state index contributed by atoms with van der Waals surface area (Å²) in [5.74, 6) is -0.827. The number of hydrogen-bond acceptors (Lipinski definition) is 6. The number of aromatic nitrogens is 6. The molecular weight excluding hydrogens is 313 g/mol. The van der Waals surface area contributed by atoms with Crippen molar-refractivity contribution in [3.8, 4) is 11.4 Å². The normalized spacial score (nSPS) is 11.4. The number of tetrazole rings is 1. The molecule has 10 heteroatoms. The third-order valence-electron chi connectivity index (χ3n) is 2.79. The fourth-order valence-corrected chi connectivity index (χ4v) is 1.73. The summed E-state index contributed by atoms with van der Waals surface area (Å²) in [7, 11) is 0. The van der Waals surface area contributed by atoms with Crippen LogP contribution >= 0.6 is 0 Å². The predicted molar refractivity (Wildman–Crippen MR) is 70.6 cm³/mol. The highest BCUT2D eigenvalue weighted by Gasteiger charge is 2.34. The molecule has 1 aromatic carbocycles. The third-order valence-corrected chi connectivity index (χ3v) is 2.79. The van der Waals surface area contributed by atoms with Crippen LogP contribution in [0.5, 0.6) is 0 Å². The zero-order chi connectivity index (χ0) is 16.3. The Morgan fingerprint density at radius 1 is 1.04 bits per heavy atom. The van der Waals surface area contributed by atoms with Gasteiger partial charge in [-0.25, -0.2) is 9.97 Å². The zero-order valence-corrected chi connectivity index (χ0v) is 11.5. The monoisotopic (exact) mass is 322 g/mol. The van der Waals surface area contributed by atoms with Crippen molar-refractivity contribution in [2.45, 2.75) is 12.8 Å². The van der Waals surface area contributed by atoms with Crippen LogP contribution in [0.2, 0.25) is 0 Å². The van der Waals surface area contributed by atoms with Gasteiger partial charge in [-0.2, -0.15) is 13.2 Å². The Labute approximate surface area is 127 Å². The van der Waals surface area contributed by atoms with Crippen molar-refractivity contribution in [3.63, 3.8) is 0 Å². The maximum absolute atomic E-state index is 12.4. The van der Waals surface area contributed by atoms with E-state index in [0.717, 1.165) is 22.8 Å². The van der Waals surface area contributed by atoms with Gasteiger partial charge in [-0.15, -0.1) is 5.10 Å². The minimum absolute atomic E-state index is 0.0803. The Morgan fingerprint density at radius 2 is 1.74 bits per heavy atom. The Hall–Kier alpha value is -3.04. The smallest absolute Gasteiger partial charge is 0.389 e. The number of nitrogens with zero attached hydrogens (tertiary/aromatic N) is 6. The molecule has 0 radical (unpaired) electrons. The molecule has 0 atom stereocenters. The average molecular weight is 322 g/mol. The van der Waals surface area contributed by atoms with E-state index in [9.17, 15) is 13.2 Å². The summed E-state index contributed by atoms with van der Waals surface area (Å²) in [6.07, 6.45) is -2.49. The quantitative estimate of drug-likeness (QED) is 0.728. The fraction of sp³-hybridized carbons (Fsp3) is 0.154. The van der Waals surface area contributed by atoms with Crippen LogP contribution in [0, 0.1) is 0 Å². The molecule has 0 spiro atoms. The first kappa shape index (κ1) is 14.9. The molecule has 23 heavy (non-hydrogen) atoms. The van der Waals surface area contributed by atoms with E-state index in [0.29, 0.717) is 11.4 Å². The summed E-state index contributed by atoms with van der Waals surface area (Å²) in [5.41, 5.74) is 1.09. The van der Waals surface area contributed by atoms with E-state index in [-0.39, 0.29) is 6.61 Å². The second-order valence-electron chi connectivity index (χ2n) is 4.43. The van der Waals surface area contributed by atoms with Crippen molar-refractivity contribution in [2.24, 2.45) is 0 Å². The lowest BCUT2D eigenvalue weighted by Crippen LogP contribution is -2.16. The number of rotatable bonds is 4. The van der Waals surface area contributed by atoms with Crippen LogP contribution in [0.15, 0.2) is 42.7 Å². The average Bonchev–Trinajstić information content (AvgIpc) is 3.02. The zero-order valence-electron chi connectivity index (χ0n) is 11.5. The molecule has 2 aromatic heterocycles. The van der Waals surface area contributed by atoms with E-state index >= 15 is 0 Å². The molecule has 0 saturated carbocycles. The number of alkyl halides is 3. The van der Waals surface area contributed by atoms with E-state index in [2.05, 4.69) is 25.5 Å². The topological polar surface area (TPSA) is 78.6 Å². The van der Waals surface area contributed by atoms with Crippen LogP contribution in [-0.2, 0) is 12.8 Å². The molecule has 0 amide bonds. The molecule has 0 fully saturated rings. The first-order chi connectivity index (χ1) is 11.0. The van der Waals surface area contributed by atoms with Crippen molar-refractivity contribution in [3.05, 3.63) is 54.1 Å². The minimum Gasteiger partial charge on any atom is -0.389 e. The van der Waals surface area contributed by atoms with Gasteiger partial charge < -0.3 is 4.84 Å². The number of halogens is 3. The standard InChI is InChI=1S/C13H9F3N6O/c14-13(15,16)12-17-6-9(7-18-12)8-23-22-11(19-20-21-22)10-4-2-1-3-5-10/h1-7H,8H2. The lowest BCUT2D eigenvalue weighted by Gasteiger charge is -2.07. The minimum atomic E-state index is -4.57. The molecule has 3 aromatic rings. The first-order valence-electron chi connectivity index (χ1n) is 6.39. The highest BCUT2D eigenvalue weighted by Crippen LogP contribution is 2.25. The van der Waals surface area contributed by atoms with E-state index in [1.54, 1.807) is 12.1 Å². The van der Waals surface area contributed by atoms with Gasteiger partial charge >= 0.3 is 6.18 Å². The Kier molecular flexibility index (Phi) is 3.87. The summed E-state index contributed by atoms with van der Waals surface area (Å²) in [6.45, 7) is -0.0803. The molecular formula is C13H9F3N6O.